The first-order valence-corrected chi connectivity index (χ1v) is 7.22. The second-order valence-corrected chi connectivity index (χ2v) is 5.49. The molecule has 0 radical (unpaired) electrons. The third-order valence-corrected chi connectivity index (χ3v) is 3.96. The Balaban J connectivity index is 1.89. The van der Waals surface area contributed by atoms with Crippen LogP contribution in [0.3, 0.4) is 0 Å². The van der Waals surface area contributed by atoms with Crippen molar-refractivity contribution in [2.75, 3.05) is 0 Å². The van der Waals surface area contributed by atoms with Gasteiger partial charge in [-0.15, -0.1) is 0 Å². The van der Waals surface area contributed by atoms with Gasteiger partial charge in [0.05, 0.1) is 12.1 Å². The van der Waals surface area contributed by atoms with Crippen molar-refractivity contribution in [2.45, 2.75) is 51.2 Å². The van der Waals surface area contributed by atoms with Gasteiger partial charge in [-0.05, 0) is 25.3 Å². The van der Waals surface area contributed by atoms with Crippen LogP contribution in [0.25, 0.3) is 0 Å². The average Bonchev–Trinajstić information content (AvgIpc) is 2.48. The maximum Gasteiger partial charge on any atom is 0.223 e. The Hall–Kier alpha value is -1.35. The maximum absolute atomic E-state index is 12.1. The lowest BCUT2D eigenvalue weighted by atomic mass is 9.88. The van der Waals surface area contributed by atoms with E-state index in [2.05, 4.69) is 5.32 Å². The van der Waals surface area contributed by atoms with Crippen LogP contribution in [0.1, 0.15) is 50.7 Å². The average molecular weight is 261 g/mol. The number of aliphatic hydroxyl groups is 1. The van der Waals surface area contributed by atoms with E-state index in [0.29, 0.717) is 0 Å². The Morgan fingerprint density at radius 1 is 1.21 bits per heavy atom. The van der Waals surface area contributed by atoms with Crippen molar-refractivity contribution < 1.29 is 9.90 Å². The zero-order chi connectivity index (χ0) is 13.7. The van der Waals surface area contributed by atoms with Crippen LogP contribution in [0.5, 0.6) is 0 Å². The van der Waals surface area contributed by atoms with Gasteiger partial charge in [0.1, 0.15) is 0 Å². The van der Waals surface area contributed by atoms with Gasteiger partial charge in [-0.2, -0.15) is 0 Å². The van der Waals surface area contributed by atoms with E-state index < -0.39 is 6.10 Å². The molecule has 1 aromatic carbocycles. The van der Waals surface area contributed by atoms with Gasteiger partial charge < -0.3 is 10.4 Å². The number of nitrogens with one attached hydrogen (secondary N) is 1. The molecule has 0 bridgehead atoms. The van der Waals surface area contributed by atoms with E-state index in [9.17, 15) is 9.90 Å². The summed E-state index contributed by atoms with van der Waals surface area (Å²) in [7, 11) is 0. The topological polar surface area (TPSA) is 49.3 Å². The minimum Gasteiger partial charge on any atom is -0.386 e. The molecule has 0 aliphatic heterocycles. The quantitative estimate of drug-likeness (QED) is 0.875. The molecule has 1 amide bonds. The van der Waals surface area contributed by atoms with Crippen LogP contribution in [0.15, 0.2) is 30.3 Å². The van der Waals surface area contributed by atoms with Crippen molar-refractivity contribution in [1.82, 2.24) is 5.32 Å². The summed E-state index contributed by atoms with van der Waals surface area (Å²) in [6, 6.07) is 9.23. The summed E-state index contributed by atoms with van der Waals surface area (Å²) in [6.07, 6.45) is 4.86. The summed E-state index contributed by atoms with van der Waals surface area (Å²) in [5.41, 5.74) is 0.846. The molecule has 0 spiro atoms. The van der Waals surface area contributed by atoms with E-state index >= 15 is 0 Å². The molecule has 2 rings (SSSR count). The number of amides is 1. The molecule has 0 saturated heterocycles. The van der Waals surface area contributed by atoms with Gasteiger partial charge in [0.15, 0.2) is 0 Å². The van der Waals surface area contributed by atoms with Crippen LogP contribution >= 0.6 is 0 Å². The SMILES string of the molecule is C[C@@H](NC(=O)C1CCCCC1)[C@H](O)c1ccccc1. The molecule has 0 unspecified atom stereocenters. The monoisotopic (exact) mass is 261 g/mol. The highest BCUT2D eigenvalue weighted by molar-refractivity contribution is 5.79. The summed E-state index contributed by atoms with van der Waals surface area (Å²) in [5, 5.41) is 13.2. The lowest BCUT2D eigenvalue weighted by Crippen LogP contribution is -2.41. The summed E-state index contributed by atoms with van der Waals surface area (Å²) < 4.78 is 0. The molecule has 2 atom stereocenters. The van der Waals surface area contributed by atoms with Gasteiger partial charge in [0.2, 0.25) is 5.91 Å². The summed E-state index contributed by atoms with van der Waals surface area (Å²) in [5.74, 6) is 0.237. The normalized spacial score (nSPS) is 19.7. The summed E-state index contributed by atoms with van der Waals surface area (Å²) >= 11 is 0. The van der Waals surface area contributed by atoms with Crippen molar-refractivity contribution >= 4 is 5.91 Å². The molecular weight excluding hydrogens is 238 g/mol. The van der Waals surface area contributed by atoms with E-state index in [1.807, 2.05) is 37.3 Å². The number of carbonyl (C=O) groups excluding carboxylic acids is 1. The molecule has 104 valence electrons. The number of aliphatic hydroxyl groups excluding tert-OH is 1. The number of benzene rings is 1. The van der Waals surface area contributed by atoms with E-state index in [0.717, 1.165) is 31.2 Å². The van der Waals surface area contributed by atoms with Gasteiger partial charge in [-0.25, -0.2) is 0 Å². The fraction of sp³-hybridized carbons (Fsp3) is 0.562. The molecule has 2 N–H and O–H groups in total. The van der Waals surface area contributed by atoms with Crippen LogP contribution in [0, 0.1) is 5.92 Å². The van der Waals surface area contributed by atoms with Crippen LogP contribution in [-0.4, -0.2) is 17.1 Å². The summed E-state index contributed by atoms with van der Waals surface area (Å²) in [6.45, 7) is 1.86. The molecule has 0 aromatic heterocycles. The predicted molar refractivity (Wildman–Crippen MR) is 75.6 cm³/mol. The van der Waals surface area contributed by atoms with Crippen molar-refractivity contribution in [2.24, 2.45) is 5.92 Å². The zero-order valence-electron chi connectivity index (χ0n) is 11.5. The smallest absolute Gasteiger partial charge is 0.223 e. The molecule has 0 heterocycles. The zero-order valence-corrected chi connectivity index (χ0v) is 11.5. The van der Waals surface area contributed by atoms with Gasteiger partial charge in [0.25, 0.3) is 0 Å². The standard InChI is InChI=1S/C16H23NO2/c1-12(15(18)13-8-4-2-5-9-13)17-16(19)14-10-6-3-7-11-14/h2,4-5,8-9,12,14-15,18H,3,6-7,10-11H2,1H3,(H,17,19)/t12-,15+/m1/s1. The van der Waals surface area contributed by atoms with Crippen molar-refractivity contribution in [3.8, 4) is 0 Å². The highest BCUT2D eigenvalue weighted by Crippen LogP contribution is 2.24. The summed E-state index contributed by atoms with van der Waals surface area (Å²) in [4.78, 5) is 12.1. The third kappa shape index (κ3) is 3.80. The molecular formula is C16H23NO2. The number of rotatable bonds is 4. The largest absolute Gasteiger partial charge is 0.386 e. The van der Waals surface area contributed by atoms with Crippen LogP contribution in [-0.2, 0) is 4.79 Å². The van der Waals surface area contributed by atoms with Gasteiger partial charge in [0, 0.05) is 5.92 Å². The van der Waals surface area contributed by atoms with Crippen molar-refractivity contribution in [3.05, 3.63) is 35.9 Å². The van der Waals surface area contributed by atoms with E-state index in [-0.39, 0.29) is 17.9 Å². The Morgan fingerprint density at radius 3 is 2.47 bits per heavy atom. The molecule has 1 aliphatic rings. The molecule has 1 saturated carbocycles. The Morgan fingerprint density at radius 2 is 1.84 bits per heavy atom. The highest BCUT2D eigenvalue weighted by Gasteiger charge is 2.24. The second kappa shape index (κ2) is 6.71. The Labute approximate surface area is 115 Å². The molecule has 19 heavy (non-hydrogen) atoms. The van der Waals surface area contributed by atoms with E-state index in [1.165, 1.54) is 6.42 Å². The van der Waals surface area contributed by atoms with Crippen LogP contribution in [0.4, 0.5) is 0 Å². The van der Waals surface area contributed by atoms with E-state index in [1.54, 1.807) is 0 Å². The molecule has 1 fully saturated rings. The lowest BCUT2D eigenvalue weighted by molar-refractivity contribution is -0.127. The van der Waals surface area contributed by atoms with Gasteiger partial charge in [-0.1, -0.05) is 49.6 Å². The van der Waals surface area contributed by atoms with E-state index in [4.69, 9.17) is 0 Å². The van der Waals surface area contributed by atoms with Crippen molar-refractivity contribution in [3.63, 3.8) is 0 Å². The Bertz CT molecular complexity index is 398. The molecule has 3 nitrogen and oxygen atoms in total. The molecule has 1 aliphatic carbocycles. The number of carbonyl (C=O) groups is 1. The Kier molecular flexibility index (Phi) is 4.97. The van der Waals surface area contributed by atoms with Crippen LogP contribution < -0.4 is 5.32 Å². The van der Waals surface area contributed by atoms with Crippen LogP contribution in [0.2, 0.25) is 0 Å². The first kappa shape index (κ1) is 14.1. The minimum atomic E-state index is -0.645. The first-order valence-electron chi connectivity index (χ1n) is 7.22. The predicted octanol–water partition coefficient (Wildman–Crippen LogP) is 2.81. The fourth-order valence-electron chi connectivity index (χ4n) is 2.72. The molecule has 3 heteroatoms. The molecule has 1 aromatic rings. The first-order chi connectivity index (χ1) is 9.18. The van der Waals surface area contributed by atoms with Gasteiger partial charge >= 0.3 is 0 Å². The number of hydrogen-bond donors (Lipinski definition) is 2. The second-order valence-electron chi connectivity index (χ2n) is 5.49. The maximum atomic E-state index is 12.1. The lowest BCUT2D eigenvalue weighted by Gasteiger charge is -2.25. The highest BCUT2D eigenvalue weighted by atomic mass is 16.3. The van der Waals surface area contributed by atoms with Crippen molar-refractivity contribution in [1.29, 1.82) is 0 Å². The fourth-order valence-corrected chi connectivity index (χ4v) is 2.72. The third-order valence-electron chi connectivity index (χ3n) is 3.96. The van der Waals surface area contributed by atoms with Gasteiger partial charge in [-0.3, -0.25) is 4.79 Å². The minimum absolute atomic E-state index is 0.0992. The number of hydrogen-bond acceptors (Lipinski definition) is 2.